The summed E-state index contributed by atoms with van der Waals surface area (Å²) in [6, 6.07) is 4.00. The van der Waals surface area contributed by atoms with Crippen LogP contribution in [0.1, 0.15) is 28.9 Å². The van der Waals surface area contributed by atoms with Crippen LogP contribution in [0, 0.1) is 0 Å². The maximum atomic E-state index is 12.6. The van der Waals surface area contributed by atoms with E-state index in [4.69, 9.17) is 0 Å². The molecule has 0 aliphatic carbocycles. The molecule has 27 heavy (non-hydrogen) atoms. The molecule has 0 atom stereocenters. The fourth-order valence-electron chi connectivity index (χ4n) is 3.34. The number of aliphatic imine (C=N–C) groups is 2. The number of allylic oxidation sites excluding steroid dienone is 1. The van der Waals surface area contributed by atoms with Gasteiger partial charge in [0.1, 0.15) is 12.2 Å². The minimum atomic E-state index is -0.122. The summed E-state index contributed by atoms with van der Waals surface area (Å²) < 4.78 is 1.71. The third kappa shape index (κ3) is 3.25. The van der Waals surface area contributed by atoms with Gasteiger partial charge >= 0.3 is 0 Å². The van der Waals surface area contributed by atoms with Gasteiger partial charge in [0, 0.05) is 26.3 Å². The van der Waals surface area contributed by atoms with Gasteiger partial charge in [-0.3, -0.25) is 9.79 Å². The number of hydrogen-bond donors (Lipinski definition) is 0. The molecule has 8 heteroatoms. The standard InChI is InChI=1S/C19H21N7O/c1-14(9-21-13-20-2)25-12-17-16(19(25)27)11-26(23-17)15-5-6-18(22-10-15)24-7-3-4-8-24/h5-6,9-11,13H,1,3-4,7-8,12H2,2H3. The van der Waals surface area contributed by atoms with Crippen LogP contribution in [0.3, 0.4) is 0 Å². The predicted molar refractivity (Wildman–Crippen MR) is 105 cm³/mol. The first-order valence-corrected chi connectivity index (χ1v) is 8.92. The quantitative estimate of drug-likeness (QED) is 0.602. The Morgan fingerprint density at radius 3 is 2.78 bits per heavy atom. The highest BCUT2D eigenvalue weighted by atomic mass is 16.2. The second kappa shape index (κ2) is 7.14. The molecule has 1 amide bonds. The van der Waals surface area contributed by atoms with Crippen molar-refractivity contribution in [3.05, 3.63) is 48.1 Å². The van der Waals surface area contributed by atoms with Crippen molar-refractivity contribution in [3.8, 4) is 5.69 Å². The van der Waals surface area contributed by atoms with Crippen molar-refractivity contribution in [2.24, 2.45) is 9.98 Å². The van der Waals surface area contributed by atoms with Crippen molar-refractivity contribution in [1.29, 1.82) is 0 Å². The minimum absolute atomic E-state index is 0.122. The van der Waals surface area contributed by atoms with Gasteiger partial charge < -0.3 is 9.80 Å². The first kappa shape index (κ1) is 17.1. The summed E-state index contributed by atoms with van der Waals surface area (Å²) in [5.74, 6) is 0.868. The van der Waals surface area contributed by atoms with Crippen LogP contribution >= 0.6 is 0 Å². The Kier molecular flexibility index (Phi) is 4.53. The Balaban J connectivity index is 1.50. The number of carbonyl (C=O) groups excluding carboxylic acids is 1. The van der Waals surface area contributed by atoms with Crippen LogP contribution in [0.25, 0.3) is 5.69 Å². The number of hydrogen-bond acceptors (Lipinski definition) is 5. The molecule has 2 aliphatic rings. The fraction of sp³-hybridized carbons (Fsp3) is 0.316. The average Bonchev–Trinajstić information content (AvgIpc) is 3.40. The Morgan fingerprint density at radius 1 is 1.30 bits per heavy atom. The van der Waals surface area contributed by atoms with Crippen LogP contribution < -0.4 is 4.90 Å². The number of fused-ring (bicyclic) bond motifs is 1. The summed E-state index contributed by atoms with van der Waals surface area (Å²) in [6.45, 7) is 6.40. The monoisotopic (exact) mass is 363 g/mol. The maximum Gasteiger partial charge on any atom is 0.262 e. The molecule has 138 valence electrons. The van der Waals surface area contributed by atoms with Crippen LogP contribution in [0.2, 0.25) is 0 Å². The molecule has 0 N–H and O–H groups in total. The number of nitrogens with zero attached hydrogens (tertiary/aromatic N) is 7. The zero-order valence-corrected chi connectivity index (χ0v) is 15.2. The summed E-state index contributed by atoms with van der Waals surface area (Å²) in [5.41, 5.74) is 2.66. The summed E-state index contributed by atoms with van der Waals surface area (Å²) >= 11 is 0. The summed E-state index contributed by atoms with van der Waals surface area (Å²) in [4.78, 5) is 28.8. The number of amides is 1. The smallest absolute Gasteiger partial charge is 0.262 e. The first-order valence-electron chi connectivity index (χ1n) is 8.92. The van der Waals surface area contributed by atoms with E-state index < -0.39 is 0 Å². The van der Waals surface area contributed by atoms with Crippen LogP contribution in [-0.2, 0) is 6.54 Å². The normalized spacial score (nSPS) is 16.9. The molecule has 2 aliphatic heterocycles. The van der Waals surface area contributed by atoms with Gasteiger partial charge in [-0.2, -0.15) is 5.10 Å². The van der Waals surface area contributed by atoms with Gasteiger partial charge in [0.15, 0.2) is 0 Å². The van der Waals surface area contributed by atoms with Gasteiger partial charge in [0.05, 0.1) is 41.6 Å². The molecule has 0 saturated carbocycles. The Bertz CT molecular complexity index is 920. The number of carbonyl (C=O) groups is 1. The van der Waals surface area contributed by atoms with E-state index in [0.717, 1.165) is 30.3 Å². The highest BCUT2D eigenvalue weighted by Crippen LogP contribution is 2.26. The van der Waals surface area contributed by atoms with E-state index in [1.165, 1.54) is 25.4 Å². The van der Waals surface area contributed by atoms with Crippen LogP contribution in [-0.4, -0.2) is 58.3 Å². The van der Waals surface area contributed by atoms with E-state index in [1.54, 1.807) is 29.0 Å². The lowest BCUT2D eigenvalue weighted by Crippen LogP contribution is -2.24. The highest BCUT2D eigenvalue weighted by molar-refractivity contribution is 6.02. The molecular weight excluding hydrogens is 342 g/mol. The van der Waals surface area contributed by atoms with Crippen LogP contribution in [0.4, 0.5) is 5.82 Å². The molecule has 2 aromatic heterocycles. The van der Waals surface area contributed by atoms with Crippen molar-refractivity contribution in [2.45, 2.75) is 19.4 Å². The third-order valence-electron chi connectivity index (χ3n) is 4.75. The largest absolute Gasteiger partial charge is 0.357 e. The Morgan fingerprint density at radius 2 is 2.11 bits per heavy atom. The lowest BCUT2D eigenvalue weighted by molar-refractivity contribution is 0.0834. The molecule has 1 fully saturated rings. The van der Waals surface area contributed by atoms with Gasteiger partial charge in [0.25, 0.3) is 5.91 Å². The summed E-state index contributed by atoms with van der Waals surface area (Å²) in [5, 5.41) is 4.56. The molecule has 4 heterocycles. The SMILES string of the molecule is C=C(C=NC=NC)N1Cc2nn(-c3ccc(N4CCCC4)nc3)cc2C1=O. The van der Waals surface area contributed by atoms with E-state index in [2.05, 4.69) is 31.5 Å². The molecular formula is C19H21N7O. The molecule has 4 rings (SSSR count). The molecule has 2 aromatic rings. The van der Waals surface area contributed by atoms with Gasteiger partial charge in [-0.1, -0.05) is 6.58 Å². The third-order valence-corrected chi connectivity index (χ3v) is 4.75. The molecule has 0 bridgehead atoms. The van der Waals surface area contributed by atoms with Crippen molar-refractivity contribution in [3.63, 3.8) is 0 Å². The fourth-order valence-corrected chi connectivity index (χ4v) is 3.34. The highest BCUT2D eigenvalue weighted by Gasteiger charge is 2.32. The topological polar surface area (TPSA) is 79.0 Å². The van der Waals surface area contributed by atoms with Gasteiger partial charge in [-0.05, 0) is 25.0 Å². The van der Waals surface area contributed by atoms with Gasteiger partial charge in [-0.25, -0.2) is 14.7 Å². The van der Waals surface area contributed by atoms with E-state index >= 15 is 0 Å². The number of aromatic nitrogens is 3. The van der Waals surface area contributed by atoms with Crippen LogP contribution in [0.15, 0.2) is 46.8 Å². The van der Waals surface area contributed by atoms with Crippen molar-refractivity contribution < 1.29 is 4.79 Å². The van der Waals surface area contributed by atoms with E-state index in [9.17, 15) is 4.79 Å². The Labute approximate surface area is 157 Å². The van der Waals surface area contributed by atoms with Crippen LogP contribution in [0.5, 0.6) is 0 Å². The molecule has 0 radical (unpaired) electrons. The molecule has 0 spiro atoms. The van der Waals surface area contributed by atoms with Crippen molar-refractivity contribution >= 4 is 24.3 Å². The average molecular weight is 363 g/mol. The van der Waals surface area contributed by atoms with E-state index in [-0.39, 0.29) is 5.91 Å². The molecule has 1 saturated heterocycles. The Hall–Kier alpha value is -3.29. The zero-order chi connectivity index (χ0) is 18.8. The van der Waals surface area contributed by atoms with E-state index in [1.807, 2.05) is 12.1 Å². The number of anilines is 1. The number of rotatable bonds is 5. The zero-order valence-electron chi connectivity index (χ0n) is 15.2. The van der Waals surface area contributed by atoms with Crippen molar-refractivity contribution in [2.75, 3.05) is 25.0 Å². The molecule has 8 nitrogen and oxygen atoms in total. The molecule has 0 unspecified atom stereocenters. The lowest BCUT2D eigenvalue weighted by Gasteiger charge is -2.16. The van der Waals surface area contributed by atoms with Gasteiger partial charge in [0.2, 0.25) is 0 Å². The van der Waals surface area contributed by atoms with Crippen molar-refractivity contribution in [1.82, 2.24) is 19.7 Å². The van der Waals surface area contributed by atoms with E-state index in [0.29, 0.717) is 17.8 Å². The lowest BCUT2D eigenvalue weighted by atomic mass is 10.3. The molecule has 0 aromatic carbocycles. The predicted octanol–water partition coefficient (Wildman–Crippen LogP) is 2.07. The minimum Gasteiger partial charge on any atom is -0.357 e. The number of pyridine rings is 1. The van der Waals surface area contributed by atoms with Gasteiger partial charge in [-0.15, -0.1) is 0 Å². The summed E-state index contributed by atoms with van der Waals surface area (Å²) in [6.07, 6.45) is 8.91. The maximum absolute atomic E-state index is 12.6. The second-order valence-corrected chi connectivity index (χ2v) is 6.54. The summed E-state index contributed by atoms with van der Waals surface area (Å²) in [7, 11) is 1.63. The first-order chi connectivity index (χ1) is 13.2. The second-order valence-electron chi connectivity index (χ2n) is 6.54.